The Balaban J connectivity index is 2.33. The Morgan fingerprint density at radius 3 is 2.37 bits per heavy atom. The molecule has 1 aliphatic heterocycles. The van der Waals surface area contributed by atoms with E-state index in [0.717, 1.165) is 12.0 Å². The molecule has 0 saturated carbocycles. The molecule has 0 radical (unpaired) electrons. The van der Waals surface area contributed by atoms with Crippen molar-refractivity contribution in [1.82, 2.24) is 0 Å². The molecular weight excluding hydrogens is 236 g/mol. The maximum Gasteiger partial charge on any atom is 0.127 e. The Hall–Kier alpha value is -1.44. The highest BCUT2D eigenvalue weighted by molar-refractivity contribution is 5.35. The standard InChI is InChI=1S/C17H24O2/c1-16(2,3)15-11-19-14(10-17(15,4)5)12-8-6-7-9-13(12)18/h6-9,11,14,18H,10H2,1-5H3. The zero-order valence-electron chi connectivity index (χ0n) is 12.5. The van der Waals surface area contributed by atoms with E-state index in [1.165, 1.54) is 5.57 Å². The minimum absolute atomic E-state index is 0.0673. The molecule has 1 N–H and O–H groups in total. The first-order valence-corrected chi connectivity index (χ1v) is 6.86. The fourth-order valence-electron chi connectivity index (χ4n) is 3.07. The van der Waals surface area contributed by atoms with Crippen LogP contribution in [0.1, 0.15) is 52.7 Å². The van der Waals surface area contributed by atoms with Crippen LogP contribution < -0.4 is 0 Å². The van der Waals surface area contributed by atoms with Crippen molar-refractivity contribution >= 4 is 0 Å². The van der Waals surface area contributed by atoms with Gasteiger partial charge < -0.3 is 9.84 Å². The predicted octanol–water partition coefficient (Wildman–Crippen LogP) is 4.81. The molecule has 1 atom stereocenters. The molecule has 2 rings (SSSR count). The third-order valence-corrected chi connectivity index (χ3v) is 3.87. The predicted molar refractivity (Wildman–Crippen MR) is 77.9 cm³/mol. The molecule has 0 bridgehead atoms. The molecular formula is C17H24O2. The number of rotatable bonds is 1. The van der Waals surface area contributed by atoms with Crippen molar-refractivity contribution in [3.05, 3.63) is 41.7 Å². The molecule has 1 unspecified atom stereocenters. The second kappa shape index (κ2) is 4.59. The summed E-state index contributed by atoms with van der Waals surface area (Å²) in [5.41, 5.74) is 2.38. The summed E-state index contributed by atoms with van der Waals surface area (Å²) >= 11 is 0. The number of hydrogen-bond acceptors (Lipinski definition) is 2. The van der Waals surface area contributed by atoms with Gasteiger partial charge in [0.15, 0.2) is 0 Å². The number of phenolic OH excluding ortho intramolecular Hbond substituents is 1. The molecule has 0 aromatic heterocycles. The molecule has 1 heterocycles. The number of ether oxygens (including phenoxy) is 1. The van der Waals surface area contributed by atoms with Crippen LogP contribution >= 0.6 is 0 Å². The highest BCUT2D eigenvalue weighted by Gasteiger charge is 2.38. The van der Waals surface area contributed by atoms with Gasteiger partial charge >= 0.3 is 0 Å². The van der Waals surface area contributed by atoms with E-state index in [9.17, 15) is 5.11 Å². The fraction of sp³-hybridized carbons (Fsp3) is 0.529. The van der Waals surface area contributed by atoms with Crippen molar-refractivity contribution in [1.29, 1.82) is 0 Å². The van der Waals surface area contributed by atoms with Crippen LogP contribution in [0, 0.1) is 10.8 Å². The van der Waals surface area contributed by atoms with Crippen molar-refractivity contribution in [2.24, 2.45) is 10.8 Å². The SMILES string of the molecule is CC(C)(C)C1=COC(c2ccccc2O)CC1(C)C. The summed E-state index contributed by atoms with van der Waals surface area (Å²) in [6.45, 7) is 11.1. The summed E-state index contributed by atoms with van der Waals surface area (Å²) < 4.78 is 5.90. The molecule has 2 heteroatoms. The van der Waals surface area contributed by atoms with Crippen LogP contribution in [0.4, 0.5) is 0 Å². The monoisotopic (exact) mass is 260 g/mol. The summed E-state index contributed by atoms with van der Waals surface area (Å²) in [5, 5.41) is 9.96. The van der Waals surface area contributed by atoms with Gasteiger partial charge in [-0.2, -0.15) is 0 Å². The van der Waals surface area contributed by atoms with Gasteiger partial charge in [0, 0.05) is 5.56 Å². The summed E-state index contributed by atoms with van der Waals surface area (Å²) in [5.74, 6) is 0.316. The van der Waals surface area contributed by atoms with E-state index in [-0.39, 0.29) is 16.9 Å². The quantitative estimate of drug-likeness (QED) is 0.785. The first-order valence-electron chi connectivity index (χ1n) is 6.86. The van der Waals surface area contributed by atoms with Crippen LogP contribution in [-0.2, 0) is 4.74 Å². The Morgan fingerprint density at radius 1 is 1.21 bits per heavy atom. The minimum atomic E-state index is -0.0673. The second-order valence-corrected chi connectivity index (χ2v) is 7.05. The summed E-state index contributed by atoms with van der Waals surface area (Å²) in [7, 11) is 0. The molecule has 0 saturated heterocycles. The number of allylic oxidation sites excluding steroid dienone is 1. The third kappa shape index (κ3) is 2.78. The average Bonchev–Trinajstić information content (AvgIpc) is 2.26. The Kier molecular flexibility index (Phi) is 3.38. The van der Waals surface area contributed by atoms with E-state index in [4.69, 9.17) is 4.74 Å². The molecule has 19 heavy (non-hydrogen) atoms. The van der Waals surface area contributed by atoms with Crippen LogP contribution in [0.5, 0.6) is 5.75 Å². The Bertz CT molecular complexity index is 492. The summed E-state index contributed by atoms with van der Waals surface area (Å²) in [6.07, 6.45) is 2.72. The maximum absolute atomic E-state index is 9.96. The zero-order valence-corrected chi connectivity index (χ0v) is 12.5. The van der Waals surface area contributed by atoms with Gasteiger partial charge in [-0.15, -0.1) is 0 Å². The lowest BCUT2D eigenvalue weighted by Crippen LogP contribution is -2.31. The van der Waals surface area contributed by atoms with E-state index >= 15 is 0 Å². The number of benzene rings is 1. The van der Waals surface area contributed by atoms with E-state index in [2.05, 4.69) is 34.6 Å². The largest absolute Gasteiger partial charge is 0.508 e. The molecule has 1 aliphatic rings. The van der Waals surface area contributed by atoms with E-state index < -0.39 is 0 Å². The molecule has 1 aromatic rings. The lowest BCUT2D eigenvalue weighted by molar-refractivity contribution is 0.0608. The molecule has 2 nitrogen and oxygen atoms in total. The maximum atomic E-state index is 9.96. The van der Waals surface area contributed by atoms with Gasteiger partial charge in [-0.1, -0.05) is 52.8 Å². The van der Waals surface area contributed by atoms with Gasteiger partial charge in [0.2, 0.25) is 0 Å². The van der Waals surface area contributed by atoms with Gasteiger partial charge in [-0.3, -0.25) is 0 Å². The molecule has 0 aliphatic carbocycles. The lowest BCUT2D eigenvalue weighted by Gasteiger charge is -2.42. The van der Waals surface area contributed by atoms with Gasteiger partial charge in [0.1, 0.15) is 11.9 Å². The number of hydrogen-bond donors (Lipinski definition) is 1. The van der Waals surface area contributed by atoms with Crippen molar-refractivity contribution in [3.63, 3.8) is 0 Å². The van der Waals surface area contributed by atoms with Crippen LogP contribution in [-0.4, -0.2) is 5.11 Å². The van der Waals surface area contributed by atoms with E-state index in [1.54, 1.807) is 6.07 Å². The number of phenols is 1. The Morgan fingerprint density at radius 2 is 1.84 bits per heavy atom. The van der Waals surface area contributed by atoms with E-state index in [0.29, 0.717) is 5.75 Å². The molecule has 1 aromatic carbocycles. The van der Waals surface area contributed by atoms with E-state index in [1.807, 2.05) is 24.5 Å². The van der Waals surface area contributed by atoms with Crippen LogP contribution in [0.3, 0.4) is 0 Å². The topological polar surface area (TPSA) is 29.5 Å². The van der Waals surface area contributed by atoms with Gasteiger partial charge in [-0.05, 0) is 28.9 Å². The normalized spacial score (nSPS) is 22.6. The smallest absolute Gasteiger partial charge is 0.127 e. The van der Waals surface area contributed by atoms with Crippen LogP contribution in [0.15, 0.2) is 36.1 Å². The molecule has 0 amide bonds. The van der Waals surface area contributed by atoms with Crippen molar-refractivity contribution in [2.45, 2.75) is 47.1 Å². The molecule has 0 fully saturated rings. The zero-order chi connectivity index (χ0) is 14.3. The lowest BCUT2D eigenvalue weighted by atomic mass is 9.67. The highest BCUT2D eigenvalue weighted by atomic mass is 16.5. The second-order valence-electron chi connectivity index (χ2n) is 7.05. The van der Waals surface area contributed by atoms with Crippen molar-refractivity contribution < 1.29 is 9.84 Å². The van der Waals surface area contributed by atoms with Crippen molar-refractivity contribution in [3.8, 4) is 5.75 Å². The first-order chi connectivity index (χ1) is 8.72. The molecule has 104 valence electrons. The fourth-order valence-corrected chi connectivity index (χ4v) is 3.07. The Labute approximate surface area is 116 Å². The average molecular weight is 260 g/mol. The molecule has 0 spiro atoms. The van der Waals surface area contributed by atoms with Gasteiger partial charge in [0.25, 0.3) is 0 Å². The van der Waals surface area contributed by atoms with Crippen LogP contribution in [0.2, 0.25) is 0 Å². The number of aromatic hydroxyl groups is 1. The third-order valence-electron chi connectivity index (χ3n) is 3.87. The minimum Gasteiger partial charge on any atom is -0.508 e. The highest BCUT2D eigenvalue weighted by Crippen LogP contribution is 2.49. The first kappa shape index (κ1) is 14.0. The summed E-state index contributed by atoms with van der Waals surface area (Å²) in [4.78, 5) is 0. The number of para-hydroxylation sites is 1. The van der Waals surface area contributed by atoms with Crippen molar-refractivity contribution in [2.75, 3.05) is 0 Å². The summed E-state index contributed by atoms with van der Waals surface area (Å²) in [6, 6.07) is 7.43. The van der Waals surface area contributed by atoms with Crippen LogP contribution in [0.25, 0.3) is 0 Å². The van der Waals surface area contributed by atoms with Gasteiger partial charge in [0.05, 0.1) is 6.26 Å². The van der Waals surface area contributed by atoms with Gasteiger partial charge in [-0.25, -0.2) is 0 Å².